The first-order valence-corrected chi connectivity index (χ1v) is 10.3. The number of thioether (sulfide) groups is 1. The SMILES string of the molecule is CC(Sc1ncc(-c2ccccc2)n1C)C(=O)NC(=O)NC1CCCCC1. The summed E-state index contributed by atoms with van der Waals surface area (Å²) in [6, 6.07) is 9.77. The quantitative estimate of drug-likeness (QED) is 0.768. The summed E-state index contributed by atoms with van der Waals surface area (Å²) in [5, 5.41) is 5.68. The highest BCUT2D eigenvalue weighted by atomic mass is 32.2. The molecule has 6 nitrogen and oxygen atoms in total. The zero-order valence-electron chi connectivity index (χ0n) is 15.8. The maximum Gasteiger partial charge on any atom is 0.321 e. The van der Waals surface area contributed by atoms with Crippen molar-refractivity contribution < 1.29 is 9.59 Å². The van der Waals surface area contributed by atoms with Crippen LogP contribution in [0.3, 0.4) is 0 Å². The zero-order chi connectivity index (χ0) is 19.2. The van der Waals surface area contributed by atoms with Gasteiger partial charge in [0.1, 0.15) is 0 Å². The molecule has 2 aromatic rings. The van der Waals surface area contributed by atoms with E-state index < -0.39 is 11.3 Å². The molecule has 1 heterocycles. The van der Waals surface area contributed by atoms with Gasteiger partial charge in [-0.15, -0.1) is 0 Å². The van der Waals surface area contributed by atoms with E-state index in [0.29, 0.717) is 0 Å². The van der Waals surface area contributed by atoms with Crippen molar-refractivity contribution in [2.24, 2.45) is 7.05 Å². The zero-order valence-corrected chi connectivity index (χ0v) is 16.6. The first kappa shape index (κ1) is 19.5. The fourth-order valence-corrected chi connectivity index (χ4v) is 4.12. The lowest BCUT2D eigenvalue weighted by atomic mass is 9.96. The average molecular weight is 387 g/mol. The number of urea groups is 1. The third-order valence-electron chi connectivity index (χ3n) is 4.84. The van der Waals surface area contributed by atoms with E-state index in [0.717, 1.165) is 42.1 Å². The van der Waals surface area contributed by atoms with Crippen molar-refractivity contribution in [1.29, 1.82) is 0 Å². The number of imidazole rings is 1. The van der Waals surface area contributed by atoms with Crippen molar-refractivity contribution in [3.8, 4) is 11.3 Å². The Labute approximate surface area is 164 Å². The topological polar surface area (TPSA) is 76.0 Å². The standard InChI is InChI=1S/C20H26N4O2S/c1-14(18(25)23-19(26)22-16-11-7-4-8-12-16)27-20-21-13-17(24(20)2)15-9-5-3-6-10-15/h3,5-6,9-10,13-14,16H,4,7-8,11-12H2,1-2H3,(H2,22,23,25,26). The summed E-state index contributed by atoms with van der Waals surface area (Å²) >= 11 is 1.34. The number of rotatable bonds is 5. The lowest BCUT2D eigenvalue weighted by Gasteiger charge is -2.23. The van der Waals surface area contributed by atoms with Gasteiger partial charge in [0, 0.05) is 13.1 Å². The van der Waals surface area contributed by atoms with Crippen LogP contribution in [0.1, 0.15) is 39.0 Å². The molecule has 27 heavy (non-hydrogen) atoms. The predicted octanol–water partition coefficient (Wildman–Crippen LogP) is 3.73. The van der Waals surface area contributed by atoms with Gasteiger partial charge >= 0.3 is 6.03 Å². The molecule has 1 aliphatic rings. The highest BCUT2D eigenvalue weighted by molar-refractivity contribution is 8.00. The molecule has 3 amide bonds. The fourth-order valence-electron chi connectivity index (χ4n) is 3.27. The number of benzene rings is 1. The molecule has 0 bridgehead atoms. The van der Waals surface area contributed by atoms with Crippen LogP contribution >= 0.6 is 11.8 Å². The molecule has 1 aliphatic carbocycles. The van der Waals surface area contributed by atoms with Crippen LogP contribution in [0.15, 0.2) is 41.7 Å². The summed E-state index contributed by atoms with van der Waals surface area (Å²) in [7, 11) is 1.93. The van der Waals surface area contributed by atoms with Crippen LogP contribution in [-0.2, 0) is 11.8 Å². The van der Waals surface area contributed by atoms with Crippen molar-refractivity contribution in [3.05, 3.63) is 36.5 Å². The summed E-state index contributed by atoms with van der Waals surface area (Å²) in [6.07, 6.45) is 7.27. The number of hydrogen-bond donors (Lipinski definition) is 2. The molecule has 1 unspecified atom stereocenters. The van der Waals surface area contributed by atoms with Crippen molar-refractivity contribution in [2.75, 3.05) is 0 Å². The highest BCUT2D eigenvalue weighted by Crippen LogP contribution is 2.27. The van der Waals surface area contributed by atoms with Gasteiger partial charge in [-0.1, -0.05) is 61.4 Å². The van der Waals surface area contributed by atoms with Crippen LogP contribution in [0, 0.1) is 0 Å². The lowest BCUT2D eigenvalue weighted by Crippen LogP contribution is -2.47. The predicted molar refractivity (Wildman–Crippen MR) is 108 cm³/mol. The smallest absolute Gasteiger partial charge is 0.321 e. The van der Waals surface area contributed by atoms with Crippen molar-refractivity contribution >= 4 is 23.7 Å². The van der Waals surface area contributed by atoms with Crippen LogP contribution in [0.2, 0.25) is 0 Å². The minimum absolute atomic E-state index is 0.178. The Morgan fingerprint density at radius 2 is 1.89 bits per heavy atom. The highest BCUT2D eigenvalue weighted by Gasteiger charge is 2.22. The van der Waals surface area contributed by atoms with Crippen molar-refractivity contribution in [1.82, 2.24) is 20.2 Å². The minimum Gasteiger partial charge on any atom is -0.335 e. The second-order valence-electron chi connectivity index (χ2n) is 6.91. The van der Waals surface area contributed by atoms with Gasteiger partial charge in [-0.3, -0.25) is 10.1 Å². The fraction of sp³-hybridized carbons (Fsp3) is 0.450. The first-order chi connectivity index (χ1) is 13.0. The monoisotopic (exact) mass is 386 g/mol. The van der Waals surface area contributed by atoms with Gasteiger partial charge in [-0.25, -0.2) is 9.78 Å². The molecule has 7 heteroatoms. The number of carbonyl (C=O) groups is 2. The molecule has 2 N–H and O–H groups in total. The molecule has 0 saturated heterocycles. The molecular weight excluding hydrogens is 360 g/mol. The maximum atomic E-state index is 12.4. The van der Waals surface area contributed by atoms with Gasteiger partial charge in [0.05, 0.1) is 17.1 Å². The number of nitrogens with one attached hydrogen (secondary N) is 2. The number of aromatic nitrogens is 2. The third-order valence-corrected chi connectivity index (χ3v) is 6.00. The summed E-state index contributed by atoms with van der Waals surface area (Å²) in [4.78, 5) is 28.9. The molecule has 0 aliphatic heterocycles. The van der Waals surface area contributed by atoms with Gasteiger partial charge in [0.25, 0.3) is 0 Å². The average Bonchev–Trinajstić information content (AvgIpc) is 3.03. The summed E-state index contributed by atoms with van der Waals surface area (Å²) < 4.78 is 1.96. The van der Waals surface area contributed by atoms with Crippen LogP contribution in [0.5, 0.6) is 0 Å². The Hall–Kier alpha value is -2.28. The van der Waals surface area contributed by atoms with E-state index >= 15 is 0 Å². The van der Waals surface area contributed by atoms with Crippen LogP contribution in [0.4, 0.5) is 4.79 Å². The Morgan fingerprint density at radius 1 is 1.19 bits per heavy atom. The molecule has 1 aromatic heterocycles. The maximum absolute atomic E-state index is 12.4. The number of nitrogens with zero attached hydrogens (tertiary/aromatic N) is 2. The van der Waals surface area contributed by atoms with E-state index in [-0.39, 0.29) is 11.9 Å². The lowest BCUT2D eigenvalue weighted by molar-refractivity contribution is -0.119. The largest absolute Gasteiger partial charge is 0.335 e. The molecule has 144 valence electrons. The second-order valence-corrected chi connectivity index (χ2v) is 8.22. The van der Waals surface area contributed by atoms with Gasteiger partial charge in [-0.2, -0.15) is 0 Å². The second kappa shape index (κ2) is 9.08. The molecular formula is C20H26N4O2S. The van der Waals surface area contributed by atoms with E-state index in [1.807, 2.05) is 41.9 Å². The van der Waals surface area contributed by atoms with E-state index in [1.165, 1.54) is 18.2 Å². The Bertz CT molecular complexity index is 785. The number of imide groups is 1. The Morgan fingerprint density at radius 3 is 2.59 bits per heavy atom. The summed E-state index contributed by atoms with van der Waals surface area (Å²) in [5.41, 5.74) is 2.06. The van der Waals surface area contributed by atoms with Crippen LogP contribution < -0.4 is 10.6 Å². The van der Waals surface area contributed by atoms with Crippen molar-refractivity contribution in [2.45, 2.75) is 55.5 Å². The Kier molecular flexibility index (Phi) is 6.55. The van der Waals surface area contributed by atoms with Gasteiger partial charge in [-0.05, 0) is 25.3 Å². The Balaban J connectivity index is 1.55. The number of carbonyl (C=O) groups excluding carboxylic acids is 2. The van der Waals surface area contributed by atoms with E-state index in [4.69, 9.17) is 0 Å². The summed E-state index contributed by atoms with van der Waals surface area (Å²) in [6.45, 7) is 1.78. The van der Waals surface area contributed by atoms with Crippen LogP contribution in [0.25, 0.3) is 11.3 Å². The first-order valence-electron chi connectivity index (χ1n) is 9.39. The molecule has 0 spiro atoms. The van der Waals surface area contributed by atoms with E-state index in [2.05, 4.69) is 15.6 Å². The molecule has 1 atom stereocenters. The third kappa shape index (κ3) is 5.13. The number of amides is 3. The molecule has 1 fully saturated rings. The van der Waals surface area contributed by atoms with E-state index in [9.17, 15) is 9.59 Å². The normalized spacial score (nSPS) is 15.9. The molecule has 1 aromatic carbocycles. The number of hydrogen-bond acceptors (Lipinski definition) is 4. The van der Waals surface area contributed by atoms with E-state index in [1.54, 1.807) is 13.1 Å². The minimum atomic E-state index is -0.424. The molecule has 3 rings (SSSR count). The molecule has 1 saturated carbocycles. The van der Waals surface area contributed by atoms with Gasteiger partial charge in [0.15, 0.2) is 5.16 Å². The molecule has 0 radical (unpaired) electrons. The van der Waals surface area contributed by atoms with Crippen LogP contribution in [-0.4, -0.2) is 32.8 Å². The summed E-state index contributed by atoms with van der Waals surface area (Å²) in [5.74, 6) is -0.308. The van der Waals surface area contributed by atoms with Crippen molar-refractivity contribution in [3.63, 3.8) is 0 Å². The van der Waals surface area contributed by atoms with Gasteiger partial charge in [0.2, 0.25) is 5.91 Å². The van der Waals surface area contributed by atoms with Gasteiger partial charge < -0.3 is 9.88 Å².